The maximum absolute atomic E-state index is 11.0. The second kappa shape index (κ2) is 7.70. The van der Waals surface area contributed by atoms with Crippen LogP contribution in [0.4, 0.5) is 0 Å². The number of aliphatic imine (C=N–C) groups is 1. The van der Waals surface area contributed by atoms with E-state index in [9.17, 15) is 14.4 Å². The summed E-state index contributed by atoms with van der Waals surface area (Å²) in [6.45, 7) is 1.96. The van der Waals surface area contributed by atoms with Crippen LogP contribution in [0.3, 0.4) is 0 Å². The average molecular weight is 215 g/mol. The predicted molar refractivity (Wildman–Crippen MR) is 49.8 cm³/mol. The van der Waals surface area contributed by atoms with Gasteiger partial charge >= 0.3 is 11.9 Å². The van der Waals surface area contributed by atoms with E-state index >= 15 is 0 Å². The van der Waals surface area contributed by atoms with Crippen LogP contribution in [0.25, 0.3) is 0 Å². The molecule has 0 rings (SSSR count). The molecular formula is C9H13NO5. The third kappa shape index (κ3) is 5.59. The van der Waals surface area contributed by atoms with E-state index in [0.717, 1.165) is 0 Å². The maximum Gasteiger partial charge on any atom is 0.331 e. The van der Waals surface area contributed by atoms with Crippen molar-refractivity contribution in [1.82, 2.24) is 0 Å². The van der Waals surface area contributed by atoms with Gasteiger partial charge < -0.3 is 9.47 Å². The molecule has 1 atom stereocenters. The zero-order valence-corrected chi connectivity index (χ0v) is 8.69. The first-order valence-electron chi connectivity index (χ1n) is 4.46. The number of rotatable bonds is 6. The lowest BCUT2D eigenvalue weighted by Crippen LogP contribution is -2.21. The van der Waals surface area contributed by atoms with Gasteiger partial charge in [-0.15, -0.1) is 0 Å². The van der Waals surface area contributed by atoms with E-state index in [-0.39, 0.29) is 19.4 Å². The van der Waals surface area contributed by atoms with Crippen molar-refractivity contribution in [3.8, 4) is 0 Å². The number of isocyanates is 1. The zero-order chi connectivity index (χ0) is 11.7. The highest BCUT2D eigenvalue weighted by Gasteiger charge is 2.19. The Balaban J connectivity index is 4.12. The zero-order valence-electron chi connectivity index (χ0n) is 8.69. The molecule has 0 aromatic rings. The molecule has 0 aromatic heterocycles. The maximum atomic E-state index is 11.0. The number of hydrogen-bond acceptors (Lipinski definition) is 6. The van der Waals surface area contributed by atoms with Crippen LogP contribution in [0.15, 0.2) is 4.99 Å². The van der Waals surface area contributed by atoms with Crippen molar-refractivity contribution in [2.75, 3.05) is 13.7 Å². The fraction of sp³-hybridized carbons (Fsp3) is 0.667. The van der Waals surface area contributed by atoms with Gasteiger partial charge in [0, 0.05) is 6.42 Å². The summed E-state index contributed by atoms with van der Waals surface area (Å²) >= 11 is 0. The number of nitrogens with zero attached hydrogens (tertiary/aromatic N) is 1. The number of methoxy groups -OCH3 is 1. The summed E-state index contributed by atoms with van der Waals surface area (Å²) in [5, 5.41) is 0. The Morgan fingerprint density at radius 1 is 1.47 bits per heavy atom. The number of carbonyl (C=O) groups excluding carboxylic acids is 3. The van der Waals surface area contributed by atoms with Gasteiger partial charge in [-0.3, -0.25) is 4.79 Å². The van der Waals surface area contributed by atoms with Crippen LogP contribution in [-0.4, -0.2) is 37.8 Å². The van der Waals surface area contributed by atoms with Gasteiger partial charge in [0.25, 0.3) is 0 Å². The average Bonchev–Trinajstić information content (AvgIpc) is 2.23. The first-order valence-corrected chi connectivity index (χ1v) is 4.46. The van der Waals surface area contributed by atoms with Crippen molar-refractivity contribution in [2.24, 2.45) is 4.99 Å². The fourth-order valence-corrected chi connectivity index (χ4v) is 0.922. The Kier molecular flexibility index (Phi) is 6.84. The molecule has 0 unspecified atom stereocenters. The van der Waals surface area contributed by atoms with Gasteiger partial charge in [0.2, 0.25) is 6.08 Å². The lowest BCUT2D eigenvalue weighted by Gasteiger charge is -2.07. The highest BCUT2D eigenvalue weighted by atomic mass is 16.5. The molecule has 0 aliphatic rings. The molecule has 0 saturated carbocycles. The molecule has 0 spiro atoms. The lowest BCUT2D eigenvalue weighted by atomic mass is 10.1. The van der Waals surface area contributed by atoms with Crippen molar-refractivity contribution in [2.45, 2.75) is 25.8 Å². The monoisotopic (exact) mass is 215 g/mol. The first kappa shape index (κ1) is 13.3. The molecular weight excluding hydrogens is 202 g/mol. The van der Waals surface area contributed by atoms with E-state index in [2.05, 4.69) is 14.5 Å². The van der Waals surface area contributed by atoms with Gasteiger partial charge in [-0.2, -0.15) is 4.99 Å². The molecule has 6 nitrogen and oxygen atoms in total. The van der Waals surface area contributed by atoms with Crippen LogP contribution in [0.5, 0.6) is 0 Å². The van der Waals surface area contributed by atoms with Crippen molar-refractivity contribution in [1.29, 1.82) is 0 Å². The summed E-state index contributed by atoms with van der Waals surface area (Å²) in [5.41, 5.74) is 0. The molecule has 0 fully saturated rings. The predicted octanol–water partition coefficient (Wildman–Crippen LogP) is 0.207. The van der Waals surface area contributed by atoms with Gasteiger partial charge in [-0.05, 0) is 13.3 Å². The third-order valence-electron chi connectivity index (χ3n) is 1.61. The molecule has 0 bridgehead atoms. The second-order valence-corrected chi connectivity index (χ2v) is 2.60. The second-order valence-electron chi connectivity index (χ2n) is 2.60. The summed E-state index contributed by atoms with van der Waals surface area (Å²) in [4.78, 5) is 35.2. The summed E-state index contributed by atoms with van der Waals surface area (Å²) in [7, 11) is 1.18. The van der Waals surface area contributed by atoms with Crippen LogP contribution in [0, 0.1) is 0 Å². The van der Waals surface area contributed by atoms with Gasteiger partial charge in [0.15, 0.2) is 6.04 Å². The summed E-state index contributed by atoms with van der Waals surface area (Å²) < 4.78 is 9.05. The standard InChI is InChI=1S/C9H13NO5/c1-3-15-8(12)5-4-7(10-6-11)9(13)14-2/h7H,3-5H2,1-2H3/t7-/m0/s1. The minimum Gasteiger partial charge on any atom is -0.467 e. The van der Waals surface area contributed by atoms with E-state index in [1.807, 2.05) is 0 Å². The Morgan fingerprint density at radius 3 is 2.60 bits per heavy atom. The largest absolute Gasteiger partial charge is 0.467 e. The van der Waals surface area contributed by atoms with E-state index in [1.54, 1.807) is 6.92 Å². The molecule has 0 radical (unpaired) electrons. The molecule has 0 aliphatic carbocycles. The van der Waals surface area contributed by atoms with Gasteiger partial charge in [-0.25, -0.2) is 9.59 Å². The number of carbonyl (C=O) groups is 2. The Morgan fingerprint density at radius 2 is 2.13 bits per heavy atom. The molecule has 0 saturated heterocycles. The molecule has 0 aromatic carbocycles. The first-order chi connectivity index (χ1) is 7.15. The Hall–Kier alpha value is -1.68. The highest BCUT2D eigenvalue weighted by Crippen LogP contribution is 2.04. The number of esters is 2. The van der Waals surface area contributed by atoms with Crippen LogP contribution in [0.1, 0.15) is 19.8 Å². The molecule has 84 valence electrons. The van der Waals surface area contributed by atoms with Crippen LogP contribution in [0.2, 0.25) is 0 Å². The topological polar surface area (TPSA) is 82.0 Å². The minimum absolute atomic E-state index is 0.0127. The molecule has 0 aliphatic heterocycles. The van der Waals surface area contributed by atoms with Crippen molar-refractivity contribution in [3.63, 3.8) is 0 Å². The number of ether oxygens (including phenoxy) is 2. The molecule has 0 heterocycles. The van der Waals surface area contributed by atoms with Crippen molar-refractivity contribution < 1.29 is 23.9 Å². The minimum atomic E-state index is -0.975. The Labute approximate surface area is 87.3 Å². The molecule has 0 amide bonds. The van der Waals surface area contributed by atoms with Gasteiger partial charge in [-0.1, -0.05) is 0 Å². The summed E-state index contributed by atoms with van der Waals surface area (Å²) in [5.74, 6) is -1.10. The van der Waals surface area contributed by atoms with E-state index in [4.69, 9.17) is 0 Å². The van der Waals surface area contributed by atoms with E-state index in [1.165, 1.54) is 13.2 Å². The van der Waals surface area contributed by atoms with Crippen molar-refractivity contribution >= 4 is 18.0 Å². The summed E-state index contributed by atoms with van der Waals surface area (Å²) in [6, 6.07) is -0.975. The quantitative estimate of drug-likeness (QED) is 0.359. The molecule has 15 heavy (non-hydrogen) atoms. The summed E-state index contributed by atoms with van der Waals surface area (Å²) in [6.07, 6.45) is 1.36. The third-order valence-corrected chi connectivity index (χ3v) is 1.61. The normalized spacial score (nSPS) is 11.1. The van der Waals surface area contributed by atoms with Crippen LogP contribution >= 0.6 is 0 Å². The lowest BCUT2D eigenvalue weighted by molar-refractivity contribution is -0.144. The van der Waals surface area contributed by atoms with Gasteiger partial charge in [0.1, 0.15) is 0 Å². The number of hydrogen-bond donors (Lipinski definition) is 0. The van der Waals surface area contributed by atoms with Crippen LogP contribution in [-0.2, 0) is 23.9 Å². The van der Waals surface area contributed by atoms with Gasteiger partial charge in [0.05, 0.1) is 13.7 Å². The fourth-order valence-electron chi connectivity index (χ4n) is 0.922. The van der Waals surface area contributed by atoms with Crippen molar-refractivity contribution in [3.05, 3.63) is 0 Å². The highest BCUT2D eigenvalue weighted by molar-refractivity contribution is 5.78. The van der Waals surface area contributed by atoms with E-state index < -0.39 is 18.0 Å². The smallest absolute Gasteiger partial charge is 0.331 e. The molecule has 0 N–H and O–H groups in total. The van der Waals surface area contributed by atoms with E-state index in [0.29, 0.717) is 0 Å². The van der Waals surface area contributed by atoms with Crippen LogP contribution < -0.4 is 0 Å². The Bertz CT molecular complexity index is 270. The molecule has 6 heteroatoms. The SMILES string of the molecule is CCOC(=O)CC[C@H](N=C=O)C(=O)OC.